The molecule has 0 fully saturated rings. The van der Waals surface area contributed by atoms with Gasteiger partial charge >= 0.3 is 0 Å². The average Bonchev–Trinajstić information content (AvgIpc) is 3.10. The zero-order valence-electron chi connectivity index (χ0n) is 17.9. The smallest absolute Gasteiger partial charge is 0.203 e. The Hall–Kier alpha value is -3.10. The van der Waals surface area contributed by atoms with Crippen molar-refractivity contribution in [3.05, 3.63) is 93.0 Å². The van der Waals surface area contributed by atoms with Crippen LogP contribution in [0.25, 0.3) is 11.0 Å². The standard InChI is InChI=1S/C24H21Cl3N6O/c25-16-6-8-17(9-7-16)30-12-18(31-29)13-32-21-3-1-2-4-22(21)33(24(32)28)14-23(34)15-5-10-19(26)20(27)11-15/h1-12,23,28,34H,13-14,29H2/b28-24?,30-12?,31-18+. The van der Waals surface area contributed by atoms with E-state index >= 15 is 0 Å². The van der Waals surface area contributed by atoms with Crippen LogP contribution in [0.3, 0.4) is 0 Å². The van der Waals surface area contributed by atoms with E-state index in [1.165, 1.54) is 0 Å². The first-order valence-electron chi connectivity index (χ1n) is 10.3. The predicted octanol–water partition coefficient (Wildman–Crippen LogP) is 5.33. The van der Waals surface area contributed by atoms with E-state index in [9.17, 15) is 5.11 Å². The van der Waals surface area contributed by atoms with Gasteiger partial charge in [0.2, 0.25) is 5.62 Å². The zero-order chi connectivity index (χ0) is 24.2. The molecule has 0 aliphatic carbocycles. The fourth-order valence-electron chi connectivity index (χ4n) is 3.59. The summed E-state index contributed by atoms with van der Waals surface area (Å²) in [6.07, 6.45) is 0.670. The van der Waals surface area contributed by atoms with Crippen LogP contribution in [0.2, 0.25) is 15.1 Å². The summed E-state index contributed by atoms with van der Waals surface area (Å²) in [4.78, 5) is 4.40. The number of hydrazone groups is 1. The van der Waals surface area contributed by atoms with Crippen molar-refractivity contribution < 1.29 is 5.11 Å². The molecule has 7 nitrogen and oxygen atoms in total. The molecule has 1 aromatic heterocycles. The molecule has 1 unspecified atom stereocenters. The third-order valence-corrected chi connectivity index (χ3v) is 6.32. The number of hydrogen-bond donors (Lipinski definition) is 3. The van der Waals surface area contributed by atoms with E-state index in [1.807, 2.05) is 24.3 Å². The fraction of sp³-hybridized carbons (Fsp3) is 0.125. The maximum Gasteiger partial charge on any atom is 0.203 e. The summed E-state index contributed by atoms with van der Waals surface area (Å²) in [6.45, 7) is 0.376. The number of para-hydroxylation sites is 2. The number of nitrogens with two attached hydrogens (primary N) is 1. The second-order valence-electron chi connectivity index (χ2n) is 7.55. The topological polar surface area (TPSA) is 105 Å². The molecule has 4 aromatic rings. The number of aliphatic hydroxyl groups is 1. The molecule has 174 valence electrons. The van der Waals surface area contributed by atoms with Crippen LogP contribution in [-0.4, -0.2) is 26.2 Å². The third-order valence-electron chi connectivity index (χ3n) is 5.33. The average molecular weight is 516 g/mol. The predicted molar refractivity (Wildman–Crippen MR) is 138 cm³/mol. The summed E-state index contributed by atoms with van der Waals surface area (Å²) in [5.41, 5.74) is 3.56. The Kier molecular flexibility index (Phi) is 7.38. The highest BCUT2D eigenvalue weighted by Crippen LogP contribution is 2.27. The van der Waals surface area contributed by atoms with E-state index in [0.717, 1.165) is 11.0 Å². The Balaban J connectivity index is 1.65. The quantitative estimate of drug-likeness (QED) is 0.176. The Morgan fingerprint density at radius 1 is 0.971 bits per heavy atom. The molecule has 4 rings (SSSR count). The van der Waals surface area contributed by atoms with E-state index < -0.39 is 6.10 Å². The molecule has 1 heterocycles. The highest BCUT2D eigenvalue weighted by molar-refractivity contribution is 6.42. The first-order chi connectivity index (χ1) is 16.4. The molecule has 0 aliphatic rings. The van der Waals surface area contributed by atoms with Gasteiger partial charge in [-0.05, 0) is 54.1 Å². The minimum Gasteiger partial charge on any atom is -0.387 e. The summed E-state index contributed by atoms with van der Waals surface area (Å²) in [7, 11) is 0. The SMILES string of the molecule is N=c1n(C/C(C=Nc2ccc(Cl)cc2)=N/N)c2ccccc2n1CC(O)c1ccc(Cl)c(Cl)c1. The van der Waals surface area contributed by atoms with Crippen molar-refractivity contribution in [1.29, 1.82) is 5.41 Å². The van der Waals surface area contributed by atoms with Crippen molar-refractivity contribution in [2.75, 3.05) is 0 Å². The maximum absolute atomic E-state index is 10.9. The number of rotatable bonds is 7. The molecule has 0 bridgehead atoms. The Morgan fingerprint density at radius 2 is 1.65 bits per heavy atom. The van der Waals surface area contributed by atoms with Crippen molar-refractivity contribution in [1.82, 2.24) is 9.13 Å². The summed E-state index contributed by atoms with van der Waals surface area (Å²) >= 11 is 18.0. The van der Waals surface area contributed by atoms with Gasteiger partial charge in [-0.15, -0.1) is 0 Å². The van der Waals surface area contributed by atoms with E-state index in [0.29, 0.717) is 32.0 Å². The van der Waals surface area contributed by atoms with Gasteiger partial charge in [-0.1, -0.05) is 53.0 Å². The van der Waals surface area contributed by atoms with E-state index in [1.54, 1.807) is 57.8 Å². The Morgan fingerprint density at radius 3 is 2.29 bits per heavy atom. The lowest BCUT2D eigenvalue weighted by molar-refractivity contribution is 0.156. The molecule has 4 N–H and O–H groups in total. The Bertz CT molecular complexity index is 1440. The van der Waals surface area contributed by atoms with Crippen molar-refractivity contribution in [3.8, 4) is 0 Å². The number of aliphatic imine (C=N–C) groups is 1. The van der Waals surface area contributed by atoms with Crippen LogP contribution in [0.1, 0.15) is 11.7 Å². The summed E-state index contributed by atoms with van der Waals surface area (Å²) in [5, 5.41) is 24.9. The molecule has 0 saturated carbocycles. The number of hydrogen-bond acceptors (Lipinski definition) is 5. The van der Waals surface area contributed by atoms with Crippen LogP contribution in [0.5, 0.6) is 0 Å². The largest absolute Gasteiger partial charge is 0.387 e. The maximum atomic E-state index is 10.9. The second kappa shape index (κ2) is 10.4. The highest BCUT2D eigenvalue weighted by Gasteiger charge is 2.17. The van der Waals surface area contributed by atoms with Crippen LogP contribution < -0.4 is 11.5 Å². The number of benzene rings is 3. The van der Waals surface area contributed by atoms with Gasteiger partial charge in [-0.2, -0.15) is 5.10 Å². The summed E-state index contributed by atoms with van der Waals surface area (Å²) in [6, 6.07) is 19.6. The second-order valence-corrected chi connectivity index (χ2v) is 8.80. The van der Waals surface area contributed by atoms with Gasteiger partial charge in [0.15, 0.2) is 0 Å². The van der Waals surface area contributed by atoms with Crippen molar-refractivity contribution in [2.24, 2.45) is 15.9 Å². The molecule has 0 spiro atoms. The third kappa shape index (κ3) is 5.18. The van der Waals surface area contributed by atoms with Crippen LogP contribution in [0, 0.1) is 5.41 Å². The first-order valence-corrected chi connectivity index (χ1v) is 11.4. The van der Waals surface area contributed by atoms with Gasteiger partial charge in [-0.3, -0.25) is 10.4 Å². The van der Waals surface area contributed by atoms with Gasteiger partial charge in [0.25, 0.3) is 0 Å². The van der Waals surface area contributed by atoms with E-state index in [4.69, 9.17) is 46.1 Å². The molecule has 3 aromatic carbocycles. The van der Waals surface area contributed by atoms with Gasteiger partial charge < -0.3 is 20.1 Å². The highest BCUT2D eigenvalue weighted by atomic mass is 35.5. The van der Waals surface area contributed by atoms with Crippen LogP contribution >= 0.6 is 34.8 Å². The first kappa shape index (κ1) is 24.0. The number of fused-ring (bicyclic) bond motifs is 1. The molecular weight excluding hydrogens is 495 g/mol. The summed E-state index contributed by atoms with van der Waals surface area (Å²) in [5.74, 6) is 5.62. The van der Waals surface area contributed by atoms with Crippen LogP contribution in [-0.2, 0) is 13.1 Å². The van der Waals surface area contributed by atoms with Gasteiger partial charge in [-0.25, -0.2) is 0 Å². The number of aromatic nitrogens is 2. The Labute approximate surface area is 210 Å². The van der Waals surface area contributed by atoms with Crippen LogP contribution in [0.15, 0.2) is 76.8 Å². The lowest BCUT2D eigenvalue weighted by Crippen LogP contribution is -2.29. The molecule has 1 atom stereocenters. The summed E-state index contributed by atoms with van der Waals surface area (Å²) < 4.78 is 3.49. The number of halogens is 3. The van der Waals surface area contributed by atoms with Gasteiger partial charge in [0.05, 0.1) is 57.9 Å². The van der Waals surface area contributed by atoms with Gasteiger partial charge in [0, 0.05) is 5.02 Å². The minimum atomic E-state index is -0.891. The van der Waals surface area contributed by atoms with E-state index in [2.05, 4.69) is 10.1 Å². The lowest BCUT2D eigenvalue weighted by Gasteiger charge is -2.13. The minimum absolute atomic E-state index is 0.151. The lowest BCUT2D eigenvalue weighted by atomic mass is 10.1. The molecule has 34 heavy (non-hydrogen) atoms. The number of aliphatic hydroxyl groups excluding tert-OH is 1. The molecule has 10 heteroatoms. The molecule has 0 aliphatic heterocycles. The van der Waals surface area contributed by atoms with Gasteiger partial charge in [0.1, 0.15) is 0 Å². The zero-order valence-corrected chi connectivity index (χ0v) is 20.1. The van der Waals surface area contributed by atoms with Crippen molar-refractivity contribution >= 4 is 63.4 Å². The van der Waals surface area contributed by atoms with Crippen molar-refractivity contribution in [2.45, 2.75) is 19.2 Å². The molecule has 0 saturated heterocycles. The van der Waals surface area contributed by atoms with Crippen molar-refractivity contribution in [3.63, 3.8) is 0 Å². The van der Waals surface area contributed by atoms with Crippen LogP contribution in [0.4, 0.5) is 5.69 Å². The molecular formula is C24H21Cl3N6O. The fourth-order valence-corrected chi connectivity index (χ4v) is 4.02. The normalized spacial score (nSPS) is 13.1. The number of imidazole rings is 1. The number of nitrogens with zero attached hydrogens (tertiary/aromatic N) is 4. The van der Waals surface area contributed by atoms with E-state index in [-0.39, 0.29) is 18.7 Å². The monoisotopic (exact) mass is 514 g/mol. The number of nitrogens with one attached hydrogen (secondary N) is 1. The molecule has 0 amide bonds. The molecule has 0 radical (unpaired) electrons.